The number of para-hydroxylation sites is 2. The smallest absolute Gasteiger partial charge is 0.0609 e. The van der Waals surface area contributed by atoms with Crippen LogP contribution < -0.4 is 24.9 Å². The summed E-state index contributed by atoms with van der Waals surface area (Å²) >= 11 is 0. The van der Waals surface area contributed by atoms with Gasteiger partial charge in [0.25, 0.3) is 0 Å². The molecule has 10 aliphatic rings. The summed E-state index contributed by atoms with van der Waals surface area (Å²) in [6.45, 7) is 52.1. The summed E-state index contributed by atoms with van der Waals surface area (Å²) < 4.78 is 6.28. The minimum Gasteiger partial charge on any atom is -0.377 e. The Morgan fingerprint density at radius 3 is 1.45 bits per heavy atom. The number of aryl methyl sites for hydroxylation is 1. The molecule has 678 valence electrons. The van der Waals surface area contributed by atoms with E-state index in [2.05, 4.69) is 349 Å². The maximum absolute atomic E-state index is 6.28. The van der Waals surface area contributed by atoms with Gasteiger partial charge in [-0.05, 0) is 266 Å². The van der Waals surface area contributed by atoms with Crippen LogP contribution in [0, 0.1) is 6.92 Å². The molecule has 2 aliphatic carbocycles. The molecule has 0 atom stereocenters. The van der Waals surface area contributed by atoms with Crippen molar-refractivity contribution in [3.63, 3.8) is 0 Å². The highest BCUT2D eigenvalue weighted by Gasteiger charge is 2.31. The number of piperazine rings is 4. The molecule has 16 heteroatoms. The third-order valence-corrected chi connectivity index (χ3v) is 30.1. The van der Waals surface area contributed by atoms with Crippen LogP contribution in [0.25, 0.3) is 67.1 Å². The minimum absolute atomic E-state index is 0.398. The molecule has 0 amide bonds. The summed E-state index contributed by atoms with van der Waals surface area (Å²) in [6, 6.07) is 76.9. The second kappa shape index (κ2) is 43.7. The first-order chi connectivity index (χ1) is 62.6. The van der Waals surface area contributed by atoms with Crippen LogP contribution in [0.3, 0.4) is 0 Å². The Hall–Kier alpha value is -9.14. The van der Waals surface area contributed by atoms with Crippen LogP contribution in [-0.2, 0) is 17.6 Å². The first-order valence-corrected chi connectivity index (χ1v) is 49.6. The van der Waals surface area contributed by atoms with Gasteiger partial charge in [0, 0.05) is 269 Å². The summed E-state index contributed by atoms with van der Waals surface area (Å²) in [4.78, 5) is 38.1. The van der Waals surface area contributed by atoms with Gasteiger partial charge in [0.15, 0.2) is 0 Å². The Balaban J connectivity index is 0.000000120. The Bertz CT molecular complexity index is 5230. The fourth-order valence-electron chi connectivity index (χ4n) is 21.6. The number of ether oxygens (including phenoxy) is 1. The lowest BCUT2D eigenvalue weighted by Gasteiger charge is -2.42. The molecule has 8 fully saturated rings. The Morgan fingerprint density at radius 2 is 0.898 bits per heavy atom. The number of benzene rings is 8. The van der Waals surface area contributed by atoms with Crippen molar-refractivity contribution >= 4 is 67.4 Å². The van der Waals surface area contributed by atoms with Crippen LogP contribution in [-0.4, -0.2) is 282 Å². The van der Waals surface area contributed by atoms with Gasteiger partial charge in [-0.15, -0.1) is 0 Å². The van der Waals surface area contributed by atoms with Crippen LogP contribution in [0.2, 0.25) is 0 Å². The summed E-state index contributed by atoms with van der Waals surface area (Å²) in [5, 5.41) is 6.40. The van der Waals surface area contributed by atoms with Crippen molar-refractivity contribution < 1.29 is 4.74 Å². The number of rotatable bonds is 22. The average Bonchev–Trinajstić information content (AvgIpc) is 1.63. The predicted octanol–water partition coefficient (Wildman–Crippen LogP) is 19.3. The van der Waals surface area contributed by atoms with E-state index in [4.69, 9.17) is 4.74 Å². The lowest BCUT2D eigenvalue weighted by Crippen LogP contribution is -2.52. The molecule has 128 heavy (non-hydrogen) atoms. The van der Waals surface area contributed by atoms with Gasteiger partial charge in [-0.3, -0.25) is 34.3 Å². The molecular formula is C112H149N15O. The van der Waals surface area contributed by atoms with E-state index in [1.165, 1.54) is 273 Å². The van der Waals surface area contributed by atoms with Crippen molar-refractivity contribution in [2.75, 3.05) is 217 Å². The van der Waals surface area contributed by atoms with Gasteiger partial charge in [-0.25, -0.2) is 0 Å². The number of nitrogens with one attached hydrogen (secondary N) is 3. The quantitative estimate of drug-likeness (QED) is 0.0563. The fraction of sp³-hybridized carbons (Fsp3) is 0.482. The number of aromatic nitrogens is 2. The second-order valence-corrected chi connectivity index (χ2v) is 39.2. The number of hydrogen-bond acceptors (Lipinski definition) is 14. The molecular weight excluding hydrogens is 1570 g/mol. The Kier molecular flexibility index (Phi) is 31.0. The number of hydrogen-bond donors (Lipinski definition) is 3. The van der Waals surface area contributed by atoms with Crippen LogP contribution in [0.4, 0.5) is 22.7 Å². The van der Waals surface area contributed by atoms with Crippen molar-refractivity contribution in [2.24, 2.45) is 0 Å². The SMILES string of the molecule is CC(C)N1CCN(CC=C2CCN(c3cccc(C4=Cc5ccccc5C4)c3)CC2)CC1.CC(C)N1CCN(CCOC2CCN(c3cccc(-c4cc5ccccc5[nH]4)c3)CC2)CC1.CC1=C(c2cc(N3CCC(NCCN4CCN(C(C)C)CC4)CC3)ccc2C)Cc2ccccc21.CN1CCN(C2CCN(c3cccc(-c4cc5ccccc5[nH]4)c3)CC2)CC1. The van der Waals surface area contributed by atoms with E-state index >= 15 is 0 Å². The van der Waals surface area contributed by atoms with E-state index in [-0.39, 0.29) is 0 Å². The molecule has 20 rings (SSSR count). The van der Waals surface area contributed by atoms with Crippen molar-refractivity contribution in [2.45, 2.75) is 156 Å². The Morgan fingerprint density at radius 1 is 0.414 bits per heavy atom. The highest BCUT2D eigenvalue weighted by atomic mass is 16.5. The number of allylic oxidation sites excluding steroid dienone is 3. The molecule has 3 N–H and O–H groups in total. The maximum atomic E-state index is 6.28. The highest BCUT2D eigenvalue weighted by Crippen LogP contribution is 2.42. The predicted molar refractivity (Wildman–Crippen MR) is 543 cm³/mol. The average molecular weight is 1720 g/mol. The molecule has 10 aromatic rings. The lowest BCUT2D eigenvalue weighted by atomic mass is 9.95. The number of aromatic amines is 2. The molecule has 0 saturated carbocycles. The van der Waals surface area contributed by atoms with Gasteiger partial charge in [0.2, 0.25) is 0 Å². The summed E-state index contributed by atoms with van der Waals surface area (Å²) in [6.07, 6.45) is 17.0. The van der Waals surface area contributed by atoms with E-state index in [0.29, 0.717) is 30.3 Å². The molecule has 8 aromatic carbocycles. The van der Waals surface area contributed by atoms with E-state index in [1.54, 1.807) is 5.57 Å². The van der Waals surface area contributed by atoms with Gasteiger partial charge in [-0.2, -0.15) is 0 Å². The topological polar surface area (TPSA) is 91.7 Å². The molecule has 0 unspecified atom stereocenters. The van der Waals surface area contributed by atoms with Crippen LogP contribution in [0.15, 0.2) is 212 Å². The third-order valence-electron chi connectivity index (χ3n) is 30.1. The van der Waals surface area contributed by atoms with E-state index in [0.717, 1.165) is 110 Å². The fourth-order valence-corrected chi connectivity index (χ4v) is 21.6. The molecule has 16 nitrogen and oxygen atoms in total. The van der Waals surface area contributed by atoms with Gasteiger partial charge >= 0.3 is 0 Å². The summed E-state index contributed by atoms with van der Waals surface area (Å²) in [5.41, 5.74) is 28.7. The summed E-state index contributed by atoms with van der Waals surface area (Å²) in [7, 11) is 2.24. The number of likely N-dealkylation sites (N-methyl/N-ethyl adjacent to an activating group) is 1. The molecule has 8 saturated heterocycles. The lowest BCUT2D eigenvalue weighted by molar-refractivity contribution is 0.0136. The van der Waals surface area contributed by atoms with Crippen molar-refractivity contribution in [1.82, 2.24) is 54.5 Å². The van der Waals surface area contributed by atoms with E-state index in [1.807, 2.05) is 0 Å². The molecule has 0 radical (unpaired) electrons. The summed E-state index contributed by atoms with van der Waals surface area (Å²) in [5.74, 6) is 0. The molecule has 0 bridgehead atoms. The van der Waals surface area contributed by atoms with Crippen LogP contribution in [0.1, 0.15) is 139 Å². The van der Waals surface area contributed by atoms with Crippen LogP contribution >= 0.6 is 0 Å². The van der Waals surface area contributed by atoms with Crippen molar-refractivity contribution in [3.8, 4) is 22.5 Å². The second-order valence-electron chi connectivity index (χ2n) is 39.2. The van der Waals surface area contributed by atoms with Crippen molar-refractivity contribution in [1.29, 1.82) is 0 Å². The molecule has 0 spiro atoms. The zero-order valence-corrected chi connectivity index (χ0v) is 79.0. The van der Waals surface area contributed by atoms with Crippen molar-refractivity contribution in [3.05, 3.63) is 251 Å². The van der Waals surface area contributed by atoms with E-state index < -0.39 is 0 Å². The van der Waals surface area contributed by atoms with E-state index in [9.17, 15) is 0 Å². The first-order valence-electron chi connectivity index (χ1n) is 49.6. The number of nitrogens with zero attached hydrogens (tertiary/aromatic N) is 12. The number of fused-ring (bicyclic) bond motifs is 4. The van der Waals surface area contributed by atoms with Gasteiger partial charge in [0.05, 0.1) is 12.7 Å². The van der Waals surface area contributed by atoms with Gasteiger partial charge in [0.1, 0.15) is 0 Å². The maximum Gasteiger partial charge on any atom is 0.0609 e. The Labute approximate surface area is 767 Å². The molecule has 2 aromatic heterocycles. The zero-order chi connectivity index (χ0) is 87.8. The molecule has 10 heterocycles. The normalized spacial score (nSPS) is 19.8. The third kappa shape index (κ3) is 23.4. The van der Waals surface area contributed by atoms with Gasteiger partial charge < -0.3 is 44.5 Å². The monoisotopic (exact) mass is 1720 g/mol. The number of piperidine rings is 4. The number of H-pyrrole nitrogens is 2. The number of anilines is 4. The van der Waals surface area contributed by atoms with Gasteiger partial charge in [-0.1, -0.05) is 145 Å². The zero-order valence-electron chi connectivity index (χ0n) is 79.0. The highest BCUT2D eigenvalue weighted by molar-refractivity contribution is 5.97. The first kappa shape index (κ1) is 90.8. The minimum atomic E-state index is 0.398. The standard InChI is InChI=1S/C31H44N4.C29H37N3.C28H38N4O.C24H30N4/c1-23(2)34-19-17-33(18-20-34)16-13-32-27-11-14-35(15-12-27)28-10-9-24(3)30(22-28)31-21-26-7-5-6-8-29(26)25(31)4;1-23(2)31-18-16-30(17-19-31)13-10-24-11-14-32(15-12-24)29-9-5-8-27(22-29)28-20-25-6-3-4-7-26(25)21-28;1-22(2)31-16-14-30(15-17-31)18-19-33-26-10-12-32(13-11-26)25-8-5-7-23(20-25)28-21-24-6-3-4-9-27(24)29-28;1-26-13-15-28(16-14-26)21-9-11-27(12-10-21)22-7-4-6-19(17-22)24-18-20-5-2-3-8-23(20)25-24/h5-10,22-23,27,32H,11-21H2,1-4H3;3-10,20,22-23H,11-19,21H2,1-2H3;3-9,20-22,26,29H,10-19H2,1-2H3;2-8,17-18,21,25H,9-16H2,1H3. The molecule has 8 aliphatic heterocycles. The van der Waals surface area contributed by atoms with Crippen LogP contribution in [0.5, 0.6) is 0 Å². The largest absolute Gasteiger partial charge is 0.377 e.